The molecular formula is C19H17FO4. The molecule has 0 saturated heterocycles. The number of benzene rings is 2. The van der Waals surface area contributed by atoms with Gasteiger partial charge in [0.05, 0.1) is 6.61 Å². The first-order chi connectivity index (χ1) is 11.5. The molecule has 0 atom stereocenters. The number of ketones is 1. The van der Waals surface area contributed by atoms with Gasteiger partial charge in [0.15, 0.2) is 5.78 Å². The molecule has 0 radical (unpaired) electrons. The molecule has 24 heavy (non-hydrogen) atoms. The summed E-state index contributed by atoms with van der Waals surface area (Å²) >= 11 is 0. The van der Waals surface area contributed by atoms with E-state index in [9.17, 15) is 14.0 Å². The fraction of sp³-hybridized carbons (Fsp3) is 0.263. The van der Waals surface area contributed by atoms with Gasteiger partial charge in [-0.1, -0.05) is 0 Å². The Hall–Kier alpha value is -2.69. The average molecular weight is 328 g/mol. The summed E-state index contributed by atoms with van der Waals surface area (Å²) in [6.45, 7) is 2.07. The van der Waals surface area contributed by atoms with Crippen LogP contribution in [0.4, 0.5) is 4.39 Å². The Bertz CT molecular complexity index is 746. The number of hydrogen-bond acceptors (Lipinski definition) is 4. The van der Waals surface area contributed by atoms with Gasteiger partial charge >= 0.3 is 5.97 Å². The number of carbonyl (C=O) groups excluding carboxylic acids is 2. The van der Waals surface area contributed by atoms with Gasteiger partial charge in [-0.3, -0.25) is 4.79 Å². The highest BCUT2D eigenvalue weighted by molar-refractivity contribution is 6.09. The lowest BCUT2D eigenvalue weighted by molar-refractivity contribution is -0.153. The largest absolute Gasteiger partial charge is 0.476 e. The zero-order chi connectivity index (χ0) is 17.2. The Balaban J connectivity index is 1.71. The third kappa shape index (κ3) is 3.30. The third-order valence-corrected chi connectivity index (χ3v) is 3.89. The topological polar surface area (TPSA) is 52.6 Å². The van der Waals surface area contributed by atoms with E-state index in [-0.39, 0.29) is 17.6 Å². The Labute approximate surface area is 139 Å². The van der Waals surface area contributed by atoms with Gasteiger partial charge in [0.2, 0.25) is 5.60 Å². The number of ether oxygens (including phenoxy) is 2. The second kappa shape index (κ2) is 6.43. The number of esters is 1. The standard InChI is InChI=1S/C19H17FO4/c1-2-23-18(22)19(11-12-19)24-16-9-5-14(6-10-16)17(21)13-3-7-15(20)8-4-13/h3-10H,2,11-12H2,1H3. The van der Waals surface area contributed by atoms with Crippen LogP contribution in [0.5, 0.6) is 5.75 Å². The lowest BCUT2D eigenvalue weighted by Gasteiger charge is -2.16. The summed E-state index contributed by atoms with van der Waals surface area (Å²) in [5, 5.41) is 0. The minimum absolute atomic E-state index is 0.201. The molecule has 124 valence electrons. The molecule has 1 aliphatic carbocycles. The van der Waals surface area contributed by atoms with Gasteiger partial charge in [0.1, 0.15) is 11.6 Å². The summed E-state index contributed by atoms with van der Waals surface area (Å²) in [7, 11) is 0. The molecule has 0 unspecified atom stereocenters. The lowest BCUT2D eigenvalue weighted by Crippen LogP contribution is -2.31. The van der Waals surface area contributed by atoms with Crippen LogP contribution in [0.25, 0.3) is 0 Å². The van der Waals surface area contributed by atoms with Crippen molar-refractivity contribution in [2.45, 2.75) is 25.4 Å². The number of hydrogen-bond donors (Lipinski definition) is 0. The molecule has 4 nitrogen and oxygen atoms in total. The third-order valence-electron chi connectivity index (χ3n) is 3.89. The van der Waals surface area contributed by atoms with Crippen LogP contribution >= 0.6 is 0 Å². The predicted molar refractivity (Wildman–Crippen MR) is 85.5 cm³/mol. The fourth-order valence-electron chi connectivity index (χ4n) is 2.39. The molecule has 0 spiro atoms. The summed E-state index contributed by atoms with van der Waals surface area (Å²) < 4.78 is 23.7. The van der Waals surface area contributed by atoms with Crippen LogP contribution in [0.3, 0.4) is 0 Å². The molecule has 1 saturated carbocycles. The molecule has 5 heteroatoms. The minimum Gasteiger partial charge on any atom is -0.476 e. The van der Waals surface area contributed by atoms with E-state index in [1.165, 1.54) is 24.3 Å². The van der Waals surface area contributed by atoms with E-state index in [2.05, 4.69) is 0 Å². The monoisotopic (exact) mass is 328 g/mol. The van der Waals surface area contributed by atoms with E-state index < -0.39 is 5.60 Å². The molecule has 0 heterocycles. The van der Waals surface area contributed by atoms with Crippen LogP contribution in [0, 0.1) is 5.82 Å². The van der Waals surface area contributed by atoms with Gasteiger partial charge in [-0.15, -0.1) is 0 Å². The van der Waals surface area contributed by atoms with Gasteiger partial charge in [-0.2, -0.15) is 0 Å². The lowest BCUT2D eigenvalue weighted by atomic mass is 10.0. The van der Waals surface area contributed by atoms with Crippen molar-refractivity contribution in [3.05, 3.63) is 65.5 Å². The Kier molecular flexibility index (Phi) is 4.34. The van der Waals surface area contributed by atoms with Gasteiger partial charge < -0.3 is 9.47 Å². The second-order valence-electron chi connectivity index (χ2n) is 5.68. The van der Waals surface area contributed by atoms with E-state index in [1.54, 1.807) is 31.2 Å². The molecule has 3 rings (SSSR count). The summed E-state index contributed by atoms with van der Waals surface area (Å²) in [5.74, 6) is -0.426. The molecular weight excluding hydrogens is 311 g/mol. The van der Waals surface area contributed by atoms with Crippen molar-refractivity contribution in [3.63, 3.8) is 0 Å². The van der Waals surface area contributed by atoms with Crippen LogP contribution < -0.4 is 4.74 Å². The Morgan fingerprint density at radius 3 is 2.04 bits per heavy atom. The van der Waals surface area contributed by atoms with Crippen molar-refractivity contribution in [1.29, 1.82) is 0 Å². The van der Waals surface area contributed by atoms with E-state index in [0.29, 0.717) is 36.3 Å². The average Bonchev–Trinajstić information content (AvgIpc) is 3.37. The van der Waals surface area contributed by atoms with Crippen molar-refractivity contribution in [2.75, 3.05) is 6.61 Å². The SMILES string of the molecule is CCOC(=O)C1(Oc2ccc(C(=O)c3ccc(F)cc3)cc2)CC1. The molecule has 0 N–H and O–H groups in total. The summed E-state index contributed by atoms with van der Waals surface area (Å²) in [6, 6.07) is 11.9. The number of rotatable bonds is 6. The van der Waals surface area contributed by atoms with Crippen LogP contribution in [0.2, 0.25) is 0 Å². The van der Waals surface area contributed by atoms with E-state index in [4.69, 9.17) is 9.47 Å². The first kappa shape index (κ1) is 16.2. The molecule has 1 fully saturated rings. The van der Waals surface area contributed by atoms with Gasteiger partial charge in [0.25, 0.3) is 0 Å². The number of halogens is 1. The van der Waals surface area contributed by atoms with Crippen molar-refractivity contribution in [3.8, 4) is 5.75 Å². The first-order valence-electron chi connectivity index (χ1n) is 7.81. The second-order valence-corrected chi connectivity index (χ2v) is 5.68. The van der Waals surface area contributed by atoms with Gasteiger partial charge in [-0.25, -0.2) is 9.18 Å². The fourth-order valence-corrected chi connectivity index (χ4v) is 2.39. The quantitative estimate of drug-likeness (QED) is 0.601. The summed E-state index contributed by atoms with van der Waals surface area (Å²) in [6.07, 6.45) is 1.25. The highest BCUT2D eigenvalue weighted by atomic mass is 19.1. The molecule has 2 aromatic rings. The van der Waals surface area contributed by atoms with Crippen LogP contribution in [-0.4, -0.2) is 24.0 Å². The zero-order valence-electron chi connectivity index (χ0n) is 13.3. The highest BCUT2D eigenvalue weighted by Crippen LogP contribution is 2.41. The minimum atomic E-state index is -0.876. The molecule has 0 amide bonds. The van der Waals surface area contributed by atoms with Crippen molar-refractivity contribution >= 4 is 11.8 Å². The maximum Gasteiger partial charge on any atom is 0.350 e. The highest BCUT2D eigenvalue weighted by Gasteiger charge is 2.54. The van der Waals surface area contributed by atoms with Crippen molar-refractivity contribution in [1.82, 2.24) is 0 Å². The smallest absolute Gasteiger partial charge is 0.350 e. The van der Waals surface area contributed by atoms with E-state index in [1.807, 2.05) is 0 Å². The maximum absolute atomic E-state index is 12.9. The van der Waals surface area contributed by atoms with Crippen LogP contribution in [0.15, 0.2) is 48.5 Å². The van der Waals surface area contributed by atoms with E-state index in [0.717, 1.165) is 0 Å². The van der Waals surface area contributed by atoms with E-state index >= 15 is 0 Å². The van der Waals surface area contributed by atoms with Crippen molar-refractivity contribution in [2.24, 2.45) is 0 Å². The molecule has 0 aliphatic heterocycles. The van der Waals surface area contributed by atoms with Crippen molar-refractivity contribution < 1.29 is 23.5 Å². The van der Waals surface area contributed by atoms with Gasteiger partial charge in [0, 0.05) is 24.0 Å². The molecule has 1 aliphatic rings. The molecule has 2 aromatic carbocycles. The van der Waals surface area contributed by atoms with Crippen LogP contribution in [-0.2, 0) is 9.53 Å². The molecule has 0 aromatic heterocycles. The summed E-state index contributed by atoms with van der Waals surface area (Å²) in [5.41, 5.74) is 0.00331. The maximum atomic E-state index is 12.9. The Morgan fingerprint density at radius 2 is 1.54 bits per heavy atom. The Morgan fingerprint density at radius 1 is 1.00 bits per heavy atom. The number of carbonyl (C=O) groups is 2. The molecule has 0 bridgehead atoms. The van der Waals surface area contributed by atoms with Gasteiger partial charge in [-0.05, 0) is 55.5 Å². The zero-order valence-corrected chi connectivity index (χ0v) is 13.3. The normalized spacial score (nSPS) is 14.8. The van der Waals surface area contributed by atoms with Crippen LogP contribution in [0.1, 0.15) is 35.7 Å². The predicted octanol–water partition coefficient (Wildman–Crippen LogP) is 3.53. The summed E-state index contributed by atoms with van der Waals surface area (Å²) in [4.78, 5) is 24.2. The first-order valence-corrected chi connectivity index (χ1v) is 7.81.